The van der Waals surface area contributed by atoms with Crippen LogP contribution in [-0.4, -0.2) is 37.1 Å². The normalized spacial score (nSPS) is 11.8. The molecule has 7 heteroatoms. The molecule has 0 bridgehead atoms. The summed E-state index contributed by atoms with van der Waals surface area (Å²) in [5.41, 5.74) is 4.52. The van der Waals surface area contributed by atoms with E-state index >= 15 is 0 Å². The van der Waals surface area contributed by atoms with Crippen LogP contribution in [0.15, 0.2) is 59.7 Å². The molecule has 0 saturated carbocycles. The predicted molar refractivity (Wildman–Crippen MR) is 107 cm³/mol. The highest BCUT2D eigenvalue weighted by atomic mass is 32.2. The molecule has 27 heavy (non-hydrogen) atoms. The second-order valence-corrected chi connectivity index (χ2v) is 6.94. The first kappa shape index (κ1) is 20.5. The average molecular weight is 386 g/mol. The van der Waals surface area contributed by atoms with Crippen LogP contribution in [0.2, 0.25) is 0 Å². The van der Waals surface area contributed by atoms with Crippen molar-refractivity contribution < 1.29 is 19.1 Å². The van der Waals surface area contributed by atoms with E-state index < -0.39 is 5.97 Å². The fourth-order valence-corrected chi connectivity index (χ4v) is 2.82. The lowest BCUT2D eigenvalue weighted by Gasteiger charge is -2.09. The molecule has 0 aliphatic rings. The van der Waals surface area contributed by atoms with Gasteiger partial charge >= 0.3 is 5.97 Å². The lowest BCUT2D eigenvalue weighted by atomic mass is 10.2. The Balaban J connectivity index is 1.75. The summed E-state index contributed by atoms with van der Waals surface area (Å²) >= 11 is 1.56. The van der Waals surface area contributed by atoms with Crippen LogP contribution in [-0.2, 0) is 20.1 Å². The topological polar surface area (TPSA) is 77.0 Å². The number of benzene rings is 2. The summed E-state index contributed by atoms with van der Waals surface area (Å²) in [7, 11) is 1.31. The van der Waals surface area contributed by atoms with E-state index in [0.717, 1.165) is 11.3 Å². The number of hydrogen-bond acceptors (Lipinski definition) is 6. The minimum Gasteiger partial charge on any atom is -0.482 e. The molecule has 6 nitrogen and oxygen atoms in total. The maximum atomic E-state index is 12.1. The van der Waals surface area contributed by atoms with Gasteiger partial charge in [0.15, 0.2) is 6.61 Å². The average Bonchev–Trinajstić information content (AvgIpc) is 2.71. The second-order valence-electron chi connectivity index (χ2n) is 5.61. The molecule has 2 rings (SSSR count). The monoisotopic (exact) mass is 386 g/mol. The van der Waals surface area contributed by atoms with Crippen LogP contribution in [0.4, 0.5) is 0 Å². The third-order valence-corrected chi connectivity index (χ3v) is 4.78. The predicted octanol–water partition coefficient (Wildman–Crippen LogP) is 3.01. The molecule has 0 aliphatic heterocycles. The van der Waals surface area contributed by atoms with E-state index in [4.69, 9.17) is 4.74 Å². The fraction of sp³-hybridized carbons (Fsp3) is 0.250. The van der Waals surface area contributed by atoms with Crippen molar-refractivity contribution in [2.24, 2.45) is 5.10 Å². The van der Waals surface area contributed by atoms with Crippen molar-refractivity contribution in [1.29, 1.82) is 0 Å². The van der Waals surface area contributed by atoms with Crippen molar-refractivity contribution >= 4 is 29.9 Å². The zero-order chi connectivity index (χ0) is 19.5. The molecule has 0 fully saturated rings. The third kappa shape index (κ3) is 7.53. The number of carbonyl (C=O) groups is 2. The van der Waals surface area contributed by atoms with E-state index in [0.29, 0.717) is 5.75 Å². The van der Waals surface area contributed by atoms with Gasteiger partial charge in [-0.2, -0.15) is 5.10 Å². The Hall–Kier alpha value is -2.80. The van der Waals surface area contributed by atoms with Gasteiger partial charge in [-0.25, -0.2) is 10.2 Å². The number of carbonyl (C=O) groups excluding carboxylic acids is 2. The molecule has 0 spiro atoms. The quantitative estimate of drug-likeness (QED) is 0.407. The molecule has 1 N–H and O–H groups in total. The smallest absolute Gasteiger partial charge is 0.343 e. The number of nitrogens with one attached hydrogen (secondary N) is 1. The highest BCUT2D eigenvalue weighted by Gasteiger charge is 2.12. The number of hydrogen-bond donors (Lipinski definition) is 1. The molecular formula is C20H22N2O4S. The molecule has 0 radical (unpaired) electrons. The van der Waals surface area contributed by atoms with E-state index in [1.807, 2.05) is 37.3 Å². The van der Waals surface area contributed by atoms with Gasteiger partial charge in [0.05, 0.1) is 18.6 Å². The first-order valence-electron chi connectivity index (χ1n) is 8.36. The Labute approximate surface area is 162 Å². The van der Waals surface area contributed by atoms with Gasteiger partial charge in [0.25, 0.3) is 5.91 Å². The molecule has 1 amide bonds. The number of methoxy groups -OCH3 is 1. The number of amides is 1. The Morgan fingerprint density at radius 1 is 1.15 bits per heavy atom. The van der Waals surface area contributed by atoms with E-state index in [1.54, 1.807) is 42.2 Å². The van der Waals surface area contributed by atoms with Crippen molar-refractivity contribution in [3.63, 3.8) is 0 Å². The van der Waals surface area contributed by atoms with Crippen molar-refractivity contribution in [3.05, 3.63) is 65.7 Å². The Morgan fingerprint density at radius 2 is 1.85 bits per heavy atom. The van der Waals surface area contributed by atoms with Crippen molar-refractivity contribution in [3.8, 4) is 5.75 Å². The van der Waals surface area contributed by atoms with Crippen LogP contribution >= 0.6 is 11.8 Å². The minimum atomic E-state index is -0.442. The summed E-state index contributed by atoms with van der Waals surface area (Å²) in [6, 6.07) is 17.0. The van der Waals surface area contributed by atoms with Gasteiger partial charge in [-0.05, 0) is 42.3 Å². The van der Waals surface area contributed by atoms with Gasteiger partial charge < -0.3 is 9.47 Å². The number of thioether (sulfide) groups is 1. The molecule has 0 heterocycles. The molecule has 0 aliphatic carbocycles. The van der Waals surface area contributed by atoms with Crippen LogP contribution in [0.3, 0.4) is 0 Å². The first-order valence-corrected chi connectivity index (χ1v) is 9.41. The van der Waals surface area contributed by atoms with Gasteiger partial charge in [0.1, 0.15) is 5.75 Å². The van der Waals surface area contributed by atoms with Gasteiger partial charge in [0, 0.05) is 5.75 Å². The number of rotatable bonds is 9. The zero-order valence-electron chi connectivity index (χ0n) is 15.3. The van der Waals surface area contributed by atoms with Crippen LogP contribution < -0.4 is 10.2 Å². The van der Waals surface area contributed by atoms with Gasteiger partial charge in [-0.1, -0.05) is 30.3 Å². The standard InChI is InChI=1S/C20H22N2O4S/c1-15(27-14-17-6-4-3-5-7-17)20(24)22-21-12-16-8-10-18(11-9-16)26-13-19(23)25-2/h3-12,15H,13-14H2,1-2H3,(H,22,24)/b21-12-/t15-/m1/s1. The Morgan fingerprint density at radius 3 is 2.52 bits per heavy atom. The van der Waals surface area contributed by atoms with Gasteiger partial charge in [0.2, 0.25) is 0 Å². The Kier molecular flexibility index (Phi) is 8.38. The van der Waals surface area contributed by atoms with Crippen molar-refractivity contribution in [1.82, 2.24) is 5.43 Å². The fourth-order valence-electron chi connectivity index (χ4n) is 1.98. The largest absolute Gasteiger partial charge is 0.482 e. The number of nitrogens with zero attached hydrogens (tertiary/aromatic N) is 1. The van der Waals surface area contributed by atoms with Gasteiger partial charge in [-0.3, -0.25) is 4.79 Å². The van der Waals surface area contributed by atoms with Crippen molar-refractivity contribution in [2.45, 2.75) is 17.9 Å². The SMILES string of the molecule is COC(=O)COc1ccc(/C=N\NC(=O)[C@@H](C)SCc2ccccc2)cc1. The minimum absolute atomic E-state index is 0.140. The summed E-state index contributed by atoms with van der Waals surface area (Å²) in [6.07, 6.45) is 1.55. The summed E-state index contributed by atoms with van der Waals surface area (Å²) in [6.45, 7) is 1.71. The molecule has 0 unspecified atom stereocenters. The zero-order valence-corrected chi connectivity index (χ0v) is 16.1. The maximum Gasteiger partial charge on any atom is 0.343 e. The molecule has 2 aromatic rings. The highest BCUT2D eigenvalue weighted by Crippen LogP contribution is 2.17. The summed E-state index contributed by atoms with van der Waals surface area (Å²) in [5.74, 6) is 0.729. The van der Waals surface area contributed by atoms with Crippen LogP contribution in [0.5, 0.6) is 5.75 Å². The summed E-state index contributed by atoms with van der Waals surface area (Å²) in [4.78, 5) is 23.1. The molecule has 0 aromatic heterocycles. The van der Waals surface area contributed by atoms with E-state index in [9.17, 15) is 9.59 Å². The lowest BCUT2D eigenvalue weighted by molar-refractivity contribution is -0.142. The van der Waals surface area contributed by atoms with Crippen LogP contribution in [0.1, 0.15) is 18.1 Å². The molecule has 2 aromatic carbocycles. The maximum absolute atomic E-state index is 12.1. The molecule has 142 valence electrons. The Bertz CT molecular complexity index is 763. The molecule has 0 saturated heterocycles. The second kappa shape index (κ2) is 11.0. The van der Waals surface area contributed by atoms with E-state index in [2.05, 4.69) is 15.3 Å². The number of ether oxygens (including phenoxy) is 2. The van der Waals surface area contributed by atoms with Gasteiger partial charge in [-0.15, -0.1) is 11.8 Å². The first-order chi connectivity index (χ1) is 13.1. The van der Waals surface area contributed by atoms with Crippen molar-refractivity contribution in [2.75, 3.05) is 13.7 Å². The number of hydrazone groups is 1. The molecular weight excluding hydrogens is 364 g/mol. The van der Waals surface area contributed by atoms with E-state index in [1.165, 1.54) is 12.7 Å². The third-order valence-electron chi connectivity index (χ3n) is 3.56. The van der Waals surface area contributed by atoms with Crippen LogP contribution in [0, 0.1) is 0 Å². The highest BCUT2D eigenvalue weighted by molar-refractivity contribution is 7.99. The molecule has 1 atom stereocenters. The lowest BCUT2D eigenvalue weighted by Crippen LogP contribution is -2.26. The summed E-state index contributed by atoms with van der Waals surface area (Å²) < 4.78 is 9.77. The van der Waals surface area contributed by atoms with Crippen LogP contribution in [0.25, 0.3) is 0 Å². The number of esters is 1. The van der Waals surface area contributed by atoms with E-state index in [-0.39, 0.29) is 17.8 Å². The summed E-state index contributed by atoms with van der Waals surface area (Å²) in [5, 5.41) is 3.77.